The number of primary amides is 1. The van der Waals surface area contributed by atoms with Crippen LogP contribution in [-0.4, -0.2) is 77.7 Å². The molecule has 2 N–H and O–H groups in total. The molecule has 1 aromatic rings. The van der Waals surface area contributed by atoms with Gasteiger partial charge in [-0.25, -0.2) is 0 Å². The molecule has 0 aliphatic carbocycles. The van der Waals surface area contributed by atoms with Gasteiger partial charge in [0, 0.05) is 20.0 Å². The average molecular weight is 386 g/mol. The molecular weight excluding hydrogens is 356 g/mol. The van der Waals surface area contributed by atoms with E-state index >= 15 is 0 Å². The molecule has 3 amide bonds. The van der Waals surface area contributed by atoms with Crippen molar-refractivity contribution in [3.8, 4) is 0 Å². The Bertz CT molecular complexity index is 701. The summed E-state index contributed by atoms with van der Waals surface area (Å²) in [7, 11) is 0. The van der Waals surface area contributed by atoms with Crippen molar-refractivity contribution in [3.05, 3.63) is 35.9 Å². The van der Waals surface area contributed by atoms with Crippen LogP contribution < -0.4 is 5.73 Å². The molecule has 28 heavy (non-hydrogen) atoms. The van der Waals surface area contributed by atoms with Crippen LogP contribution in [0.15, 0.2) is 30.3 Å². The van der Waals surface area contributed by atoms with Crippen molar-refractivity contribution in [2.75, 3.05) is 39.3 Å². The smallest absolute Gasteiger partial charge is 0.242 e. The molecule has 0 spiro atoms. The lowest BCUT2D eigenvalue weighted by Crippen LogP contribution is -2.61. The van der Waals surface area contributed by atoms with Gasteiger partial charge in [-0.1, -0.05) is 30.3 Å². The predicted molar refractivity (Wildman–Crippen MR) is 106 cm³/mol. The quantitative estimate of drug-likeness (QED) is 0.798. The number of carbonyl (C=O) groups excluding carboxylic acids is 3. The highest BCUT2D eigenvalue weighted by Crippen LogP contribution is 2.22. The minimum Gasteiger partial charge on any atom is -0.368 e. The molecule has 7 heteroatoms. The van der Waals surface area contributed by atoms with E-state index in [0.717, 1.165) is 32.4 Å². The van der Waals surface area contributed by atoms with Crippen molar-refractivity contribution in [3.63, 3.8) is 0 Å². The highest BCUT2D eigenvalue weighted by Gasteiger charge is 2.35. The Kier molecular flexibility index (Phi) is 6.67. The molecule has 1 atom stereocenters. The zero-order valence-electron chi connectivity index (χ0n) is 16.5. The summed E-state index contributed by atoms with van der Waals surface area (Å²) >= 11 is 0. The van der Waals surface area contributed by atoms with E-state index in [1.54, 1.807) is 4.90 Å². The van der Waals surface area contributed by atoms with E-state index in [0.29, 0.717) is 25.6 Å². The molecule has 2 aliphatic rings. The Labute approximate surface area is 166 Å². The van der Waals surface area contributed by atoms with E-state index in [1.165, 1.54) is 17.4 Å². The molecule has 2 saturated heterocycles. The molecule has 7 nitrogen and oxygen atoms in total. The summed E-state index contributed by atoms with van der Waals surface area (Å²) in [4.78, 5) is 41.4. The zero-order valence-corrected chi connectivity index (χ0v) is 16.5. The number of benzene rings is 1. The standard InChI is InChI=1S/C21H30N4O3/c1-16(26)25-12-11-24(14-19(25)21(22)28)20(27)15-23-9-7-18(8-10-23)13-17-5-3-2-4-6-17/h2-6,18-19H,7-15H2,1H3,(H2,22,28)/t19-/m0/s1. The van der Waals surface area contributed by atoms with Crippen molar-refractivity contribution < 1.29 is 14.4 Å². The van der Waals surface area contributed by atoms with Gasteiger partial charge in [0.1, 0.15) is 6.04 Å². The number of likely N-dealkylation sites (tertiary alicyclic amines) is 1. The number of nitrogens with zero attached hydrogens (tertiary/aromatic N) is 3. The summed E-state index contributed by atoms with van der Waals surface area (Å²) < 4.78 is 0. The van der Waals surface area contributed by atoms with Gasteiger partial charge in [0.2, 0.25) is 17.7 Å². The van der Waals surface area contributed by atoms with Gasteiger partial charge in [-0.2, -0.15) is 0 Å². The van der Waals surface area contributed by atoms with Gasteiger partial charge < -0.3 is 15.5 Å². The molecule has 0 aromatic heterocycles. The molecule has 0 bridgehead atoms. The summed E-state index contributed by atoms with van der Waals surface area (Å²) in [5.41, 5.74) is 6.81. The highest BCUT2D eigenvalue weighted by molar-refractivity contribution is 5.87. The van der Waals surface area contributed by atoms with E-state index < -0.39 is 11.9 Å². The number of carbonyl (C=O) groups is 3. The summed E-state index contributed by atoms with van der Waals surface area (Å²) in [6.07, 6.45) is 3.27. The molecular formula is C21H30N4O3. The largest absolute Gasteiger partial charge is 0.368 e. The van der Waals surface area contributed by atoms with Gasteiger partial charge in [0.05, 0.1) is 13.1 Å². The van der Waals surface area contributed by atoms with E-state index in [2.05, 4.69) is 29.2 Å². The van der Waals surface area contributed by atoms with Crippen molar-refractivity contribution >= 4 is 17.7 Å². The van der Waals surface area contributed by atoms with E-state index in [9.17, 15) is 14.4 Å². The van der Waals surface area contributed by atoms with Crippen LogP contribution in [0, 0.1) is 5.92 Å². The molecule has 0 unspecified atom stereocenters. The van der Waals surface area contributed by atoms with Crippen LogP contribution in [0.2, 0.25) is 0 Å². The number of hydrogen-bond acceptors (Lipinski definition) is 4. The molecule has 152 valence electrons. The van der Waals surface area contributed by atoms with Gasteiger partial charge in [-0.3, -0.25) is 19.3 Å². The number of rotatable bonds is 5. The van der Waals surface area contributed by atoms with Crippen molar-refractivity contribution in [1.29, 1.82) is 0 Å². The molecule has 0 radical (unpaired) electrons. The van der Waals surface area contributed by atoms with Crippen LogP contribution in [0.25, 0.3) is 0 Å². The Morgan fingerprint density at radius 1 is 1.04 bits per heavy atom. The van der Waals surface area contributed by atoms with Crippen LogP contribution in [0.5, 0.6) is 0 Å². The first kappa shape index (κ1) is 20.3. The lowest BCUT2D eigenvalue weighted by molar-refractivity contribution is -0.146. The SMILES string of the molecule is CC(=O)N1CCN(C(=O)CN2CCC(Cc3ccccc3)CC2)C[C@H]1C(N)=O. The predicted octanol–water partition coefficient (Wildman–Crippen LogP) is 0.486. The summed E-state index contributed by atoms with van der Waals surface area (Å²) in [6, 6.07) is 9.81. The Morgan fingerprint density at radius 3 is 2.32 bits per heavy atom. The zero-order chi connectivity index (χ0) is 20.1. The van der Waals surface area contributed by atoms with Crippen LogP contribution in [-0.2, 0) is 20.8 Å². The monoisotopic (exact) mass is 386 g/mol. The first-order valence-corrected chi connectivity index (χ1v) is 10.0. The minimum atomic E-state index is -0.730. The fourth-order valence-electron chi connectivity index (χ4n) is 4.22. The fourth-order valence-corrected chi connectivity index (χ4v) is 4.22. The van der Waals surface area contributed by atoms with E-state index in [1.807, 2.05) is 6.07 Å². The molecule has 3 rings (SSSR count). The van der Waals surface area contributed by atoms with Crippen molar-refractivity contribution in [2.24, 2.45) is 11.7 Å². The second-order valence-electron chi connectivity index (χ2n) is 7.88. The summed E-state index contributed by atoms with van der Waals surface area (Å²) in [6.45, 7) is 4.61. The van der Waals surface area contributed by atoms with Gasteiger partial charge in [0.25, 0.3) is 0 Å². The molecule has 1 aromatic carbocycles. The van der Waals surface area contributed by atoms with Gasteiger partial charge in [0.15, 0.2) is 0 Å². The molecule has 2 fully saturated rings. The number of amides is 3. The summed E-state index contributed by atoms with van der Waals surface area (Å²) in [5, 5.41) is 0. The maximum Gasteiger partial charge on any atom is 0.242 e. The number of nitrogens with two attached hydrogens (primary N) is 1. The topological polar surface area (TPSA) is 87.0 Å². The van der Waals surface area contributed by atoms with Crippen LogP contribution in [0.1, 0.15) is 25.3 Å². The Hall–Kier alpha value is -2.41. The summed E-state index contributed by atoms with van der Waals surface area (Å²) in [5.74, 6) is -0.0751. The molecule has 2 heterocycles. The van der Waals surface area contributed by atoms with Crippen LogP contribution >= 0.6 is 0 Å². The fraction of sp³-hybridized carbons (Fsp3) is 0.571. The van der Waals surface area contributed by atoms with Crippen LogP contribution in [0.4, 0.5) is 0 Å². The van der Waals surface area contributed by atoms with Crippen molar-refractivity contribution in [1.82, 2.24) is 14.7 Å². The Morgan fingerprint density at radius 2 is 1.71 bits per heavy atom. The van der Waals surface area contributed by atoms with E-state index in [4.69, 9.17) is 5.73 Å². The average Bonchev–Trinajstić information content (AvgIpc) is 2.69. The second-order valence-corrected chi connectivity index (χ2v) is 7.88. The second kappa shape index (κ2) is 9.19. The lowest BCUT2D eigenvalue weighted by Gasteiger charge is -2.40. The molecule has 2 aliphatic heterocycles. The molecule has 0 saturated carbocycles. The van der Waals surface area contributed by atoms with Gasteiger partial charge in [-0.05, 0) is 43.8 Å². The van der Waals surface area contributed by atoms with E-state index in [-0.39, 0.29) is 18.4 Å². The maximum absolute atomic E-state index is 12.7. The van der Waals surface area contributed by atoms with Crippen LogP contribution in [0.3, 0.4) is 0 Å². The van der Waals surface area contributed by atoms with Gasteiger partial charge >= 0.3 is 0 Å². The third-order valence-electron chi connectivity index (χ3n) is 5.90. The van der Waals surface area contributed by atoms with Crippen molar-refractivity contribution in [2.45, 2.75) is 32.2 Å². The normalized spacial score (nSPS) is 21.5. The first-order chi connectivity index (χ1) is 13.4. The minimum absolute atomic E-state index is 0.0101. The lowest BCUT2D eigenvalue weighted by atomic mass is 9.90. The number of piperazine rings is 1. The number of hydrogen-bond donors (Lipinski definition) is 1. The first-order valence-electron chi connectivity index (χ1n) is 10.0. The van der Waals surface area contributed by atoms with Gasteiger partial charge in [-0.15, -0.1) is 0 Å². The number of piperidine rings is 1. The maximum atomic E-state index is 12.7. The Balaban J connectivity index is 1.46. The third-order valence-corrected chi connectivity index (χ3v) is 5.90. The highest BCUT2D eigenvalue weighted by atomic mass is 16.2. The third kappa shape index (κ3) is 5.10.